The highest BCUT2D eigenvalue weighted by molar-refractivity contribution is 4.66. The first-order valence-corrected chi connectivity index (χ1v) is 4.81. The lowest BCUT2D eigenvalue weighted by Crippen LogP contribution is -2.34. The molecule has 0 aromatic carbocycles. The maximum atomic E-state index is 2.44. The van der Waals surface area contributed by atoms with Crippen molar-refractivity contribution in [3.8, 4) is 0 Å². The highest BCUT2D eigenvalue weighted by Gasteiger charge is 2.10. The van der Waals surface area contributed by atoms with E-state index in [4.69, 9.17) is 0 Å². The number of nitrogens with zero attached hydrogens (tertiary/aromatic N) is 1. The van der Waals surface area contributed by atoms with Crippen LogP contribution in [0.15, 0.2) is 0 Å². The fraction of sp³-hybridized carbons (Fsp3) is 1.00. The van der Waals surface area contributed by atoms with Crippen LogP contribution in [0.4, 0.5) is 0 Å². The van der Waals surface area contributed by atoms with Gasteiger partial charge < -0.3 is 4.90 Å². The summed E-state index contributed by atoms with van der Waals surface area (Å²) in [6.45, 7) is 9.07. The first kappa shape index (κ1) is 11.0. The van der Waals surface area contributed by atoms with Crippen LogP contribution in [0.1, 0.15) is 47.0 Å². The molecule has 0 N–H and O–H groups in total. The molecule has 0 rings (SSSR count). The first-order valence-electron chi connectivity index (χ1n) is 4.81. The standard InChI is InChI=1S/C10H23N/c1-6-7-8-10(4)11(5)9(2)3/h9-10H,6-8H2,1-5H3. The van der Waals surface area contributed by atoms with Gasteiger partial charge in [-0.2, -0.15) is 0 Å². The van der Waals surface area contributed by atoms with Crippen LogP contribution >= 0.6 is 0 Å². The van der Waals surface area contributed by atoms with Gasteiger partial charge in [0.05, 0.1) is 0 Å². The molecule has 1 nitrogen and oxygen atoms in total. The average Bonchev–Trinajstić information content (AvgIpc) is 1.98. The molecule has 0 aliphatic heterocycles. The third-order valence-corrected chi connectivity index (χ3v) is 2.49. The van der Waals surface area contributed by atoms with Gasteiger partial charge in [0.2, 0.25) is 0 Å². The smallest absolute Gasteiger partial charge is 0.00665 e. The van der Waals surface area contributed by atoms with Crippen molar-refractivity contribution in [3.05, 3.63) is 0 Å². The summed E-state index contributed by atoms with van der Waals surface area (Å²) < 4.78 is 0. The van der Waals surface area contributed by atoms with Crippen molar-refractivity contribution in [1.82, 2.24) is 4.90 Å². The topological polar surface area (TPSA) is 3.24 Å². The minimum Gasteiger partial charge on any atom is -0.301 e. The van der Waals surface area contributed by atoms with Crippen LogP contribution in [0.3, 0.4) is 0 Å². The summed E-state index contributed by atoms with van der Waals surface area (Å²) in [5.41, 5.74) is 0. The molecule has 1 heteroatoms. The van der Waals surface area contributed by atoms with Crippen molar-refractivity contribution in [1.29, 1.82) is 0 Å². The monoisotopic (exact) mass is 157 g/mol. The predicted molar refractivity (Wildman–Crippen MR) is 51.9 cm³/mol. The van der Waals surface area contributed by atoms with Gasteiger partial charge in [-0.1, -0.05) is 19.8 Å². The van der Waals surface area contributed by atoms with Crippen LogP contribution in [0.5, 0.6) is 0 Å². The molecule has 0 spiro atoms. The third-order valence-electron chi connectivity index (χ3n) is 2.49. The fourth-order valence-corrected chi connectivity index (χ4v) is 1.21. The number of unbranched alkanes of at least 4 members (excludes halogenated alkanes) is 1. The summed E-state index contributed by atoms with van der Waals surface area (Å²) in [7, 11) is 2.21. The summed E-state index contributed by atoms with van der Waals surface area (Å²) in [5, 5.41) is 0. The second-order valence-corrected chi connectivity index (χ2v) is 3.75. The molecule has 0 bridgehead atoms. The van der Waals surface area contributed by atoms with Crippen LogP contribution in [-0.2, 0) is 0 Å². The molecular weight excluding hydrogens is 134 g/mol. The Morgan fingerprint density at radius 1 is 1.18 bits per heavy atom. The Morgan fingerprint density at radius 2 is 1.73 bits per heavy atom. The second kappa shape index (κ2) is 5.59. The van der Waals surface area contributed by atoms with Crippen LogP contribution in [-0.4, -0.2) is 24.0 Å². The molecule has 0 radical (unpaired) electrons. The molecule has 0 saturated carbocycles. The Balaban J connectivity index is 3.55. The summed E-state index contributed by atoms with van der Waals surface area (Å²) >= 11 is 0. The van der Waals surface area contributed by atoms with E-state index in [0.717, 1.165) is 6.04 Å². The predicted octanol–water partition coefficient (Wildman–Crippen LogP) is 2.91. The average molecular weight is 157 g/mol. The molecule has 68 valence electrons. The highest BCUT2D eigenvalue weighted by Crippen LogP contribution is 2.08. The van der Waals surface area contributed by atoms with E-state index in [-0.39, 0.29) is 0 Å². The first-order chi connectivity index (χ1) is 5.09. The van der Waals surface area contributed by atoms with Crippen LogP contribution in [0.2, 0.25) is 0 Å². The van der Waals surface area contributed by atoms with E-state index < -0.39 is 0 Å². The molecule has 0 aliphatic rings. The third kappa shape index (κ3) is 4.41. The van der Waals surface area contributed by atoms with Crippen molar-refractivity contribution in [2.45, 2.75) is 59.0 Å². The van der Waals surface area contributed by atoms with E-state index in [1.54, 1.807) is 0 Å². The Morgan fingerprint density at radius 3 is 2.09 bits per heavy atom. The normalized spacial score (nSPS) is 14.5. The Labute approximate surface area is 71.8 Å². The molecule has 0 aromatic rings. The van der Waals surface area contributed by atoms with Gasteiger partial charge in [0.15, 0.2) is 0 Å². The molecular formula is C10H23N. The Hall–Kier alpha value is -0.0400. The largest absolute Gasteiger partial charge is 0.301 e. The van der Waals surface area contributed by atoms with E-state index in [2.05, 4.69) is 39.6 Å². The van der Waals surface area contributed by atoms with Crippen LogP contribution in [0, 0.1) is 0 Å². The van der Waals surface area contributed by atoms with E-state index in [1.165, 1.54) is 19.3 Å². The number of hydrogen-bond donors (Lipinski definition) is 0. The Kier molecular flexibility index (Phi) is 5.57. The summed E-state index contributed by atoms with van der Waals surface area (Å²) in [5.74, 6) is 0. The van der Waals surface area contributed by atoms with Crippen molar-refractivity contribution in [3.63, 3.8) is 0 Å². The summed E-state index contributed by atoms with van der Waals surface area (Å²) in [6, 6.07) is 1.43. The van der Waals surface area contributed by atoms with Crippen LogP contribution in [0.25, 0.3) is 0 Å². The minimum atomic E-state index is 0.682. The lowest BCUT2D eigenvalue weighted by Gasteiger charge is -2.28. The maximum Gasteiger partial charge on any atom is 0.00665 e. The minimum absolute atomic E-state index is 0.682. The zero-order chi connectivity index (χ0) is 8.85. The fourth-order valence-electron chi connectivity index (χ4n) is 1.21. The quantitative estimate of drug-likeness (QED) is 0.593. The van der Waals surface area contributed by atoms with Gasteiger partial charge in [-0.15, -0.1) is 0 Å². The van der Waals surface area contributed by atoms with Crippen LogP contribution < -0.4 is 0 Å². The van der Waals surface area contributed by atoms with Gasteiger partial charge in [-0.3, -0.25) is 0 Å². The van der Waals surface area contributed by atoms with Gasteiger partial charge in [-0.25, -0.2) is 0 Å². The van der Waals surface area contributed by atoms with Gasteiger partial charge >= 0.3 is 0 Å². The molecule has 1 unspecified atom stereocenters. The van der Waals surface area contributed by atoms with Crippen molar-refractivity contribution < 1.29 is 0 Å². The molecule has 0 heterocycles. The molecule has 0 aromatic heterocycles. The van der Waals surface area contributed by atoms with E-state index >= 15 is 0 Å². The lowest BCUT2D eigenvalue weighted by atomic mass is 10.1. The summed E-state index contributed by atoms with van der Waals surface area (Å²) in [6.07, 6.45) is 4.01. The van der Waals surface area contributed by atoms with E-state index in [9.17, 15) is 0 Å². The van der Waals surface area contributed by atoms with Gasteiger partial charge in [0.25, 0.3) is 0 Å². The SMILES string of the molecule is CCCCC(C)N(C)C(C)C. The molecule has 0 fully saturated rings. The Bertz CT molecular complexity index is 88.9. The zero-order valence-electron chi connectivity index (χ0n) is 8.72. The summed E-state index contributed by atoms with van der Waals surface area (Å²) in [4.78, 5) is 2.44. The second-order valence-electron chi connectivity index (χ2n) is 3.75. The number of rotatable bonds is 5. The molecule has 0 amide bonds. The molecule has 1 atom stereocenters. The van der Waals surface area contributed by atoms with Crippen molar-refractivity contribution in [2.75, 3.05) is 7.05 Å². The van der Waals surface area contributed by atoms with Gasteiger partial charge in [0.1, 0.15) is 0 Å². The zero-order valence-corrected chi connectivity index (χ0v) is 8.72. The van der Waals surface area contributed by atoms with Gasteiger partial charge in [0, 0.05) is 12.1 Å². The maximum absolute atomic E-state index is 2.44. The van der Waals surface area contributed by atoms with E-state index in [1.807, 2.05) is 0 Å². The lowest BCUT2D eigenvalue weighted by molar-refractivity contribution is 0.196. The highest BCUT2D eigenvalue weighted by atomic mass is 15.1. The molecule has 0 aliphatic carbocycles. The molecule has 0 saturated heterocycles. The van der Waals surface area contributed by atoms with E-state index in [0.29, 0.717) is 6.04 Å². The number of hydrogen-bond acceptors (Lipinski definition) is 1. The molecule has 11 heavy (non-hydrogen) atoms. The van der Waals surface area contributed by atoms with Crippen molar-refractivity contribution >= 4 is 0 Å². The van der Waals surface area contributed by atoms with Gasteiger partial charge in [-0.05, 0) is 34.2 Å². The van der Waals surface area contributed by atoms with Crippen molar-refractivity contribution in [2.24, 2.45) is 0 Å².